The number of rotatable bonds is 4. The van der Waals surface area contributed by atoms with Gasteiger partial charge in [0.2, 0.25) is 0 Å². The van der Waals surface area contributed by atoms with Crippen molar-refractivity contribution in [3.63, 3.8) is 0 Å². The van der Waals surface area contributed by atoms with Gasteiger partial charge in [-0.15, -0.1) is 11.6 Å². The Morgan fingerprint density at radius 1 is 1.31 bits per heavy atom. The fourth-order valence-electron chi connectivity index (χ4n) is 1.27. The van der Waals surface area contributed by atoms with Crippen molar-refractivity contribution in [2.45, 2.75) is 12.8 Å². The Balaban J connectivity index is 2.73. The Labute approximate surface area is 84.7 Å². The molecule has 1 aromatic rings. The van der Waals surface area contributed by atoms with Crippen molar-refractivity contribution in [2.24, 2.45) is 0 Å². The van der Waals surface area contributed by atoms with Crippen molar-refractivity contribution < 1.29 is 4.74 Å². The molecule has 0 saturated heterocycles. The number of ether oxygens (including phenoxy) is 1. The quantitative estimate of drug-likeness (QED) is 0.676. The predicted molar refractivity (Wildman–Crippen MR) is 56.5 cm³/mol. The summed E-state index contributed by atoms with van der Waals surface area (Å²) >= 11 is 5.84. The van der Waals surface area contributed by atoms with Crippen LogP contribution in [-0.4, -0.2) is 19.6 Å². The highest BCUT2D eigenvalue weighted by molar-refractivity contribution is 6.18. The van der Waals surface area contributed by atoms with Crippen LogP contribution in [0.4, 0.5) is 0 Å². The molecule has 1 atom stereocenters. The maximum absolute atomic E-state index is 5.84. The first-order chi connectivity index (χ1) is 6.27. The van der Waals surface area contributed by atoms with E-state index in [-0.39, 0.29) is 0 Å². The Hall–Kier alpha value is -0.530. The van der Waals surface area contributed by atoms with Crippen molar-refractivity contribution in [3.8, 4) is 0 Å². The minimum atomic E-state index is 0.312. The Morgan fingerprint density at radius 2 is 1.92 bits per heavy atom. The van der Waals surface area contributed by atoms with Gasteiger partial charge >= 0.3 is 0 Å². The lowest BCUT2D eigenvalue weighted by Gasteiger charge is -2.12. The van der Waals surface area contributed by atoms with E-state index in [0.717, 1.165) is 0 Å². The van der Waals surface area contributed by atoms with Crippen molar-refractivity contribution in [1.29, 1.82) is 0 Å². The molecule has 0 spiro atoms. The van der Waals surface area contributed by atoms with Crippen molar-refractivity contribution in [1.82, 2.24) is 0 Å². The van der Waals surface area contributed by atoms with Gasteiger partial charge in [0.1, 0.15) is 0 Å². The van der Waals surface area contributed by atoms with Crippen molar-refractivity contribution >= 4 is 11.6 Å². The molecule has 0 radical (unpaired) electrons. The molecule has 0 aliphatic heterocycles. The van der Waals surface area contributed by atoms with Crippen LogP contribution < -0.4 is 0 Å². The highest BCUT2D eigenvalue weighted by atomic mass is 35.5. The summed E-state index contributed by atoms with van der Waals surface area (Å²) in [5.74, 6) is 0.920. The largest absolute Gasteiger partial charge is 0.384 e. The third kappa shape index (κ3) is 3.02. The maximum Gasteiger partial charge on any atom is 0.0542 e. The van der Waals surface area contributed by atoms with E-state index in [9.17, 15) is 0 Å². The molecule has 0 bridgehead atoms. The van der Waals surface area contributed by atoms with Gasteiger partial charge in [-0.25, -0.2) is 0 Å². The fraction of sp³-hybridized carbons (Fsp3) is 0.455. The summed E-state index contributed by atoms with van der Waals surface area (Å²) in [6, 6.07) is 8.43. The van der Waals surface area contributed by atoms with E-state index in [1.165, 1.54) is 11.1 Å². The van der Waals surface area contributed by atoms with E-state index in [1.54, 1.807) is 7.11 Å². The Morgan fingerprint density at radius 3 is 2.38 bits per heavy atom. The molecule has 1 aromatic carbocycles. The monoisotopic (exact) mass is 198 g/mol. The van der Waals surface area contributed by atoms with Gasteiger partial charge in [0.05, 0.1) is 6.61 Å². The van der Waals surface area contributed by atoms with Gasteiger partial charge in [0.25, 0.3) is 0 Å². The van der Waals surface area contributed by atoms with Crippen molar-refractivity contribution in [3.05, 3.63) is 35.4 Å². The fourth-order valence-corrected chi connectivity index (χ4v) is 1.54. The first-order valence-electron chi connectivity index (χ1n) is 4.39. The Bertz CT molecular complexity index is 243. The average Bonchev–Trinajstić information content (AvgIpc) is 2.16. The summed E-state index contributed by atoms with van der Waals surface area (Å²) in [5.41, 5.74) is 2.52. The third-order valence-corrected chi connectivity index (χ3v) is 2.48. The summed E-state index contributed by atoms with van der Waals surface area (Å²) < 4.78 is 5.10. The first-order valence-corrected chi connectivity index (χ1v) is 4.93. The van der Waals surface area contributed by atoms with Crippen LogP contribution in [0.3, 0.4) is 0 Å². The number of aryl methyl sites for hydroxylation is 1. The molecule has 1 rings (SSSR count). The van der Waals surface area contributed by atoms with Crippen LogP contribution in [0.5, 0.6) is 0 Å². The van der Waals surface area contributed by atoms with Gasteiger partial charge in [-0.05, 0) is 12.5 Å². The van der Waals surface area contributed by atoms with E-state index in [1.807, 2.05) is 0 Å². The second-order valence-corrected chi connectivity index (χ2v) is 3.53. The normalized spacial score (nSPS) is 12.8. The molecule has 0 aliphatic rings. The second-order valence-electron chi connectivity index (χ2n) is 3.22. The van der Waals surface area contributed by atoms with E-state index in [2.05, 4.69) is 31.2 Å². The molecule has 0 amide bonds. The van der Waals surface area contributed by atoms with E-state index in [4.69, 9.17) is 16.3 Å². The minimum absolute atomic E-state index is 0.312. The molecular weight excluding hydrogens is 184 g/mol. The molecule has 0 aliphatic carbocycles. The van der Waals surface area contributed by atoms with Crippen LogP contribution in [-0.2, 0) is 4.74 Å². The van der Waals surface area contributed by atoms with Crippen LogP contribution in [0.1, 0.15) is 17.0 Å². The second kappa shape index (κ2) is 5.25. The van der Waals surface area contributed by atoms with Crippen molar-refractivity contribution in [2.75, 3.05) is 19.6 Å². The first kappa shape index (κ1) is 10.6. The maximum atomic E-state index is 5.84. The van der Waals surface area contributed by atoms with Gasteiger partial charge < -0.3 is 4.74 Å². The molecule has 0 N–H and O–H groups in total. The lowest BCUT2D eigenvalue weighted by Crippen LogP contribution is -2.07. The summed E-state index contributed by atoms with van der Waals surface area (Å²) in [6.45, 7) is 2.77. The zero-order valence-corrected chi connectivity index (χ0v) is 8.84. The van der Waals surface area contributed by atoms with E-state index < -0.39 is 0 Å². The number of hydrogen-bond acceptors (Lipinski definition) is 1. The predicted octanol–water partition coefficient (Wildman–Crippen LogP) is 2.96. The summed E-state index contributed by atoms with van der Waals surface area (Å²) in [5, 5.41) is 0. The lowest BCUT2D eigenvalue weighted by molar-refractivity contribution is 0.185. The number of benzene rings is 1. The Kier molecular flexibility index (Phi) is 4.26. The topological polar surface area (TPSA) is 9.23 Å². The minimum Gasteiger partial charge on any atom is -0.384 e. The lowest BCUT2D eigenvalue weighted by atomic mass is 10.0. The molecule has 1 nitrogen and oxygen atoms in total. The van der Waals surface area contributed by atoms with Gasteiger partial charge in [0, 0.05) is 18.9 Å². The number of hydrogen-bond donors (Lipinski definition) is 0. The van der Waals surface area contributed by atoms with E-state index >= 15 is 0 Å². The number of methoxy groups -OCH3 is 1. The standard InChI is InChI=1S/C11H15ClO/c1-9-3-5-10(6-4-9)11(7-12)8-13-2/h3-6,11H,7-8H2,1-2H3. The van der Waals surface area contributed by atoms with E-state index in [0.29, 0.717) is 18.4 Å². The van der Waals surface area contributed by atoms with Gasteiger partial charge in [-0.3, -0.25) is 0 Å². The number of halogens is 1. The smallest absolute Gasteiger partial charge is 0.0542 e. The molecule has 72 valence electrons. The van der Waals surface area contributed by atoms with Crippen LogP contribution >= 0.6 is 11.6 Å². The average molecular weight is 199 g/mol. The van der Waals surface area contributed by atoms with Gasteiger partial charge in [-0.2, -0.15) is 0 Å². The SMILES string of the molecule is COCC(CCl)c1ccc(C)cc1. The molecular formula is C11H15ClO. The molecule has 0 saturated carbocycles. The summed E-state index contributed by atoms with van der Waals surface area (Å²) in [6.07, 6.45) is 0. The van der Waals surface area contributed by atoms with Crippen LogP contribution in [0, 0.1) is 6.92 Å². The molecule has 2 heteroatoms. The van der Waals surface area contributed by atoms with Gasteiger partial charge in [-0.1, -0.05) is 29.8 Å². The molecule has 1 unspecified atom stereocenters. The number of alkyl halides is 1. The van der Waals surface area contributed by atoms with Crippen LogP contribution in [0.25, 0.3) is 0 Å². The zero-order chi connectivity index (χ0) is 9.68. The molecule has 0 heterocycles. The highest BCUT2D eigenvalue weighted by Crippen LogP contribution is 2.18. The highest BCUT2D eigenvalue weighted by Gasteiger charge is 2.08. The summed E-state index contributed by atoms with van der Waals surface area (Å²) in [4.78, 5) is 0. The van der Waals surface area contributed by atoms with Crippen LogP contribution in [0.15, 0.2) is 24.3 Å². The molecule has 0 fully saturated rings. The molecule has 0 aromatic heterocycles. The third-order valence-electron chi connectivity index (χ3n) is 2.10. The summed E-state index contributed by atoms with van der Waals surface area (Å²) in [7, 11) is 1.70. The van der Waals surface area contributed by atoms with Crippen LogP contribution in [0.2, 0.25) is 0 Å². The zero-order valence-electron chi connectivity index (χ0n) is 8.09. The van der Waals surface area contributed by atoms with Gasteiger partial charge in [0.15, 0.2) is 0 Å². The molecule has 13 heavy (non-hydrogen) atoms.